The minimum Gasteiger partial charge on any atom is -0.444 e. The largest absolute Gasteiger partial charge is 0.444 e. The Labute approximate surface area is 222 Å². The highest BCUT2D eigenvalue weighted by molar-refractivity contribution is 8.16. The van der Waals surface area contributed by atoms with Crippen LogP contribution in [0.15, 0.2) is 53.5 Å². The Balaban J connectivity index is 1.69. The molecular weight excluding hydrogens is 510 g/mol. The zero-order valence-corrected chi connectivity index (χ0v) is 23.4. The monoisotopic (exact) mass is 543 g/mol. The first-order chi connectivity index (χ1) is 17.3. The second kappa shape index (κ2) is 10.5. The Morgan fingerprint density at radius 3 is 2.35 bits per heavy atom. The van der Waals surface area contributed by atoms with E-state index in [2.05, 4.69) is 10.3 Å². The molecule has 198 valence electrons. The second-order valence-corrected chi connectivity index (χ2v) is 13.9. The number of nitrogens with zero attached hydrogens (tertiary/aromatic N) is 2. The molecule has 3 atom stereocenters. The van der Waals surface area contributed by atoms with Gasteiger partial charge < -0.3 is 15.0 Å². The van der Waals surface area contributed by atoms with Crippen molar-refractivity contribution in [3.05, 3.63) is 65.2 Å². The number of carbonyl (C=O) groups excluding carboxylic acids is 2. The van der Waals surface area contributed by atoms with Crippen molar-refractivity contribution in [2.45, 2.75) is 64.0 Å². The molecule has 0 unspecified atom stereocenters. The molecule has 0 aromatic heterocycles. The number of aliphatic imine (C=N–C) groups is 1. The van der Waals surface area contributed by atoms with E-state index in [1.807, 2.05) is 67.3 Å². The number of alkyl carbamates (subject to hydrolysis) is 1. The molecule has 0 saturated carbocycles. The van der Waals surface area contributed by atoms with E-state index in [4.69, 9.17) is 4.74 Å². The van der Waals surface area contributed by atoms with Crippen molar-refractivity contribution in [3.8, 4) is 0 Å². The van der Waals surface area contributed by atoms with E-state index in [1.54, 1.807) is 20.8 Å². The molecule has 2 aromatic carbocycles. The third-order valence-electron chi connectivity index (χ3n) is 6.22. The van der Waals surface area contributed by atoms with Crippen LogP contribution in [0.5, 0.6) is 0 Å². The van der Waals surface area contributed by atoms with Gasteiger partial charge in [-0.05, 0) is 51.3 Å². The summed E-state index contributed by atoms with van der Waals surface area (Å²) in [5.74, 6) is -0.466. The third kappa shape index (κ3) is 6.54. The van der Waals surface area contributed by atoms with Gasteiger partial charge in [-0.3, -0.25) is 4.79 Å². The summed E-state index contributed by atoms with van der Waals surface area (Å²) >= 11 is 1.32. The Morgan fingerprint density at radius 1 is 1.08 bits per heavy atom. The van der Waals surface area contributed by atoms with Crippen molar-refractivity contribution >= 4 is 44.5 Å². The van der Waals surface area contributed by atoms with Crippen LogP contribution < -0.4 is 10.2 Å². The van der Waals surface area contributed by atoms with Crippen LogP contribution in [0.1, 0.15) is 37.5 Å². The van der Waals surface area contributed by atoms with Gasteiger partial charge in [-0.2, -0.15) is 4.99 Å². The van der Waals surface area contributed by atoms with Crippen LogP contribution in [-0.2, 0) is 25.8 Å². The number of amidine groups is 1. The maximum absolute atomic E-state index is 13.6. The molecule has 2 aliphatic rings. The summed E-state index contributed by atoms with van der Waals surface area (Å²) in [6.07, 6.45) is -0.457. The molecule has 4 rings (SSSR count). The van der Waals surface area contributed by atoms with Crippen molar-refractivity contribution in [1.82, 2.24) is 5.32 Å². The molecule has 37 heavy (non-hydrogen) atoms. The second-order valence-electron chi connectivity index (χ2n) is 10.5. The molecule has 2 heterocycles. The average Bonchev–Trinajstić information content (AvgIpc) is 3.24. The molecule has 0 aliphatic carbocycles. The maximum Gasteiger partial charge on any atom is 0.408 e. The van der Waals surface area contributed by atoms with Crippen LogP contribution in [0.25, 0.3) is 0 Å². The lowest BCUT2D eigenvalue weighted by molar-refractivity contribution is -0.119. The summed E-state index contributed by atoms with van der Waals surface area (Å²) in [5, 5.41) is 2.93. The van der Waals surface area contributed by atoms with E-state index in [0.717, 1.165) is 22.4 Å². The van der Waals surface area contributed by atoms with Crippen LogP contribution in [0.4, 0.5) is 10.5 Å². The molecule has 0 spiro atoms. The van der Waals surface area contributed by atoms with Crippen molar-refractivity contribution in [2.75, 3.05) is 16.4 Å². The van der Waals surface area contributed by atoms with Gasteiger partial charge in [-0.15, -0.1) is 0 Å². The van der Waals surface area contributed by atoms with Gasteiger partial charge in [0.1, 0.15) is 11.6 Å². The predicted octanol–water partition coefficient (Wildman–Crippen LogP) is 4.04. The molecule has 2 fully saturated rings. The first-order valence-corrected chi connectivity index (χ1v) is 14.9. The van der Waals surface area contributed by atoms with Gasteiger partial charge in [0.15, 0.2) is 15.0 Å². The van der Waals surface area contributed by atoms with Gasteiger partial charge in [-0.1, -0.05) is 60.3 Å². The topological polar surface area (TPSA) is 105 Å². The lowest BCUT2D eigenvalue weighted by Gasteiger charge is -2.28. The first-order valence-electron chi connectivity index (χ1n) is 12.2. The number of sulfone groups is 1. The molecule has 1 N–H and O–H groups in total. The Kier molecular flexibility index (Phi) is 7.71. The number of amides is 2. The number of hydrogen-bond acceptors (Lipinski definition) is 6. The van der Waals surface area contributed by atoms with Gasteiger partial charge in [0.2, 0.25) is 0 Å². The number of anilines is 1. The minimum atomic E-state index is -3.19. The third-order valence-corrected chi connectivity index (χ3v) is 9.43. The van der Waals surface area contributed by atoms with Gasteiger partial charge in [-0.25, -0.2) is 13.2 Å². The highest BCUT2D eigenvalue weighted by Crippen LogP contribution is 2.43. The van der Waals surface area contributed by atoms with E-state index in [9.17, 15) is 18.0 Å². The summed E-state index contributed by atoms with van der Waals surface area (Å²) in [7, 11) is -3.19. The minimum absolute atomic E-state index is 0.00918. The fraction of sp³-hybridized carbons (Fsp3) is 0.444. The van der Waals surface area contributed by atoms with Crippen molar-refractivity contribution < 1.29 is 22.7 Å². The number of thioether (sulfide) groups is 1. The summed E-state index contributed by atoms with van der Waals surface area (Å²) < 4.78 is 30.3. The molecule has 2 saturated heterocycles. The van der Waals surface area contributed by atoms with Crippen molar-refractivity contribution in [3.63, 3.8) is 0 Å². The quantitative estimate of drug-likeness (QED) is 0.607. The average molecular weight is 544 g/mol. The molecule has 2 aromatic rings. The number of benzene rings is 2. The lowest BCUT2D eigenvalue weighted by atomic mass is 10.1. The fourth-order valence-electron chi connectivity index (χ4n) is 4.68. The zero-order valence-electron chi connectivity index (χ0n) is 21.7. The number of nitrogens with one attached hydrogen (secondary N) is 1. The van der Waals surface area contributed by atoms with E-state index in [1.165, 1.54) is 11.8 Å². The Hall–Kier alpha value is -2.85. The number of hydrogen-bond donors (Lipinski definition) is 1. The van der Waals surface area contributed by atoms with E-state index in [0.29, 0.717) is 5.17 Å². The van der Waals surface area contributed by atoms with Crippen molar-refractivity contribution in [1.29, 1.82) is 0 Å². The van der Waals surface area contributed by atoms with Crippen LogP contribution in [0, 0.1) is 13.8 Å². The molecular formula is C27H33N3O5S2. The lowest BCUT2D eigenvalue weighted by Crippen LogP contribution is -2.45. The van der Waals surface area contributed by atoms with Gasteiger partial charge in [0.25, 0.3) is 5.91 Å². The van der Waals surface area contributed by atoms with Gasteiger partial charge in [0, 0.05) is 17.4 Å². The molecule has 0 bridgehead atoms. The summed E-state index contributed by atoms with van der Waals surface area (Å²) in [6, 6.07) is 14.0. The van der Waals surface area contributed by atoms with Gasteiger partial charge in [0.05, 0.1) is 17.5 Å². The number of para-hydroxylation sites is 1. The number of ether oxygens (including phenoxy) is 1. The normalized spacial score (nSPS) is 22.5. The molecule has 0 radical (unpaired) electrons. The Bertz CT molecular complexity index is 1300. The van der Waals surface area contributed by atoms with Crippen molar-refractivity contribution in [2.24, 2.45) is 4.99 Å². The van der Waals surface area contributed by atoms with Crippen LogP contribution in [-0.4, -0.2) is 60.0 Å². The number of aryl methyl sites for hydroxylation is 2. The molecule has 2 amide bonds. The highest BCUT2D eigenvalue weighted by atomic mass is 32.2. The van der Waals surface area contributed by atoms with Crippen LogP contribution in [0.2, 0.25) is 0 Å². The van der Waals surface area contributed by atoms with Crippen LogP contribution >= 0.6 is 11.8 Å². The molecule has 10 heteroatoms. The predicted molar refractivity (Wildman–Crippen MR) is 148 cm³/mol. The molecule has 2 aliphatic heterocycles. The summed E-state index contributed by atoms with van der Waals surface area (Å²) in [5.41, 5.74) is 2.95. The van der Waals surface area contributed by atoms with Crippen LogP contribution in [0.3, 0.4) is 0 Å². The highest BCUT2D eigenvalue weighted by Gasteiger charge is 2.50. The number of carbonyl (C=O) groups is 2. The first kappa shape index (κ1) is 27.2. The summed E-state index contributed by atoms with van der Waals surface area (Å²) in [6.45, 7) is 9.19. The Morgan fingerprint density at radius 2 is 1.73 bits per heavy atom. The number of fused-ring (bicyclic) bond motifs is 1. The zero-order chi connectivity index (χ0) is 27.0. The summed E-state index contributed by atoms with van der Waals surface area (Å²) in [4.78, 5) is 32.6. The molecule has 8 nitrogen and oxygen atoms in total. The van der Waals surface area contributed by atoms with E-state index in [-0.39, 0.29) is 29.2 Å². The van der Waals surface area contributed by atoms with Gasteiger partial charge >= 0.3 is 6.09 Å². The van der Waals surface area contributed by atoms with E-state index < -0.39 is 33.5 Å². The fourth-order valence-corrected chi connectivity index (χ4v) is 8.59. The standard InChI is InChI=1S/C27H33N3O5S2/c1-17-10-9-11-18(2)23(17)30-21-15-37(33,34)16-22(21)36-25(30)29-24(31)20(14-19-12-7-6-8-13-19)28-26(32)35-27(3,4)5/h6-13,20-22H,14-16H2,1-5H3,(H,28,32)/t20-,21+,22-/m0/s1. The smallest absolute Gasteiger partial charge is 0.408 e. The number of rotatable bonds is 5. The maximum atomic E-state index is 13.6. The SMILES string of the molecule is Cc1cccc(C)c1N1C(=NC(=O)[C@H](Cc2ccccc2)NC(=O)OC(C)(C)C)S[C@H]2CS(=O)(=O)C[C@H]21. The van der Waals surface area contributed by atoms with E-state index >= 15 is 0 Å².